The summed E-state index contributed by atoms with van der Waals surface area (Å²) in [5.74, 6) is -1.99. The van der Waals surface area contributed by atoms with Crippen LogP contribution in [0.4, 0.5) is 0 Å². The Morgan fingerprint density at radius 2 is 1.82 bits per heavy atom. The Balaban J connectivity index is 2.45. The van der Waals surface area contributed by atoms with Crippen LogP contribution in [-0.2, 0) is 11.8 Å². The number of pyridine rings is 1. The Hall–Kier alpha value is -2.83. The van der Waals surface area contributed by atoms with Gasteiger partial charge in [-0.2, -0.15) is 0 Å². The van der Waals surface area contributed by atoms with Gasteiger partial charge in [-0.05, 0) is 12.1 Å². The highest BCUT2D eigenvalue weighted by Crippen LogP contribution is 2.25. The lowest BCUT2D eigenvalue weighted by molar-refractivity contribution is -0.124. The zero-order chi connectivity index (χ0) is 16.4. The van der Waals surface area contributed by atoms with E-state index in [-0.39, 0.29) is 5.92 Å². The summed E-state index contributed by atoms with van der Waals surface area (Å²) in [5, 5.41) is 10.6. The molecule has 1 aromatic heterocycles. The Labute approximate surface area is 126 Å². The van der Waals surface area contributed by atoms with E-state index < -0.39 is 28.7 Å². The van der Waals surface area contributed by atoms with Crippen molar-refractivity contribution >= 4 is 22.7 Å². The minimum atomic E-state index is -0.863. The molecule has 7 nitrogen and oxygen atoms in total. The van der Waals surface area contributed by atoms with E-state index in [4.69, 9.17) is 0 Å². The van der Waals surface area contributed by atoms with Gasteiger partial charge in [-0.3, -0.25) is 25.2 Å². The average Bonchev–Trinajstić information content (AvgIpc) is 2.50. The fraction of sp³-hybridized carbons (Fsp3) is 0.267. The summed E-state index contributed by atoms with van der Waals surface area (Å²) in [4.78, 5) is 35.8. The Morgan fingerprint density at radius 3 is 2.45 bits per heavy atom. The van der Waals surface area contributed by atoms with E-state index in [1.165, 1.54) is 11.6 Å². The number of rotatable bonds is 2. The monoisotopic (exact) mass is 303 g/mol. The predicted octanol–water partition coefficient (Wildman–Crippen LogP) is 0.661. The van der Waals surface area contributed by atoms with Gasteiger partial charge in [-0.1, -0.05) is 26.0 Å². The third-order valence-electron chi connectivity index (χ3n) is 3.33. The molecule has 0 spiro atoms. The van der Waals surface area contributed by atoms with Crippen LogP contribution in [0, 0.1) is 5.92 Å². The van der Waals surface area contributed by atoms with E-state index in [0.717, 1.165) is 0 Å². The molecule has 0 atom stereocenters. The van der Waals surface area contributed by atoms with Crippen molar-refractivity contribution in [1.82, 2.24) is 15.4 Å². The fourth-order valence-electron chi connectivity index (χ4n) is 2.01. The van der Waals surface area contributed by atoms with Gasteiger partial charge in [0.05, 0.1) is 5.52 Å². The number of benzene rings is 1. The second-order valence-electron chi connectivity index (χ2n) is 5.20. The summed E-state index contributed by atoms with van der Waals surface area (Å²) in [6.45, 7) is 3.32. The minimum Gasteiger partial charge on any atom is -0.506 e. The van der Waals surface area contributed by atoms with Crippen molar-refractivity contribution in [2.24, 2.45) is 13.0 Å². The molecule has 7 heteroatoms. The van der Waals surface area contributed by atoms with Crippen molar-refractivity contribution in [3.63, 3.8) is 0 Å². The molecule has 2 rings (SSSR count). The van der Waals surface area contributed by atoms with Crippen LogP contribution in [-0.4, -0.2) is 21.5 Å². The molecular formula is C15H17N3O4. The van der Waals surface area contributed by atoms with E-state index in [9.17, 15) is 19.5 Å². The normalized spacial score (nSPS) is 10.7. The van der Waals surface area contributed by atoms with E-state index >= 15 is 0 Å². The second-order valence-corrected chi connectivity index (χ2v) is 5.20. The molecule has 0 radical (unpaired) electrons. The smallest absolute Gasteiger partial charge is 0.279 e. The lowest BCUT2D eigenvalue weighted by Gasteiger charge is -2.13. The van der Waals surface area contributed by atoms with Crippen LogP contribution in [0.3, 0.4) is 0 Å². The first-order chi connectivity index (χ1) is 10.3. The van der Waals surface area contributed by atoms with Gasteiger partial charge in [0.1, 0.15) is 11.3 Å². The number of aromatic nitrogens is 1. The number of carbonyl (C=O) groups is 2. The molecule has 0 bridgehead atoms. The summed E-state index contributed by atoms with van der Waals surface area (Å²) in [6, 6.07) is 6.69. The van der Waals surface area contributed by atoms with Crippen LogP contribution in [0.2, 0.25) is 0 Å². The van der Waals surface area contributed by atoms with Gasteiger partial charge in [-0.15, -0.1) is 0 Å². The van der Waals surface area contributed by atoms with Crippen molar-refractivity contribution in [3.8, 4) is 5.75 Å². The van der Waals surface area contributed by atoms with Gasteiger partial charge < -0.3 is 9.67 Å². The lowest BCUT2D eigenvalue weighted by atomic mass is 10.1. The van der Waals surface area contributed by atoms with Crippen molar-refractivity contribution < 1.29 is 14.7 Å². The number of aromatic hydroxyl groups is 1. The summed E-state index contributed by atoms with van der Waals surface area (Å²) in [6.07, 6.45) is 0. The van der Waals surface area contributed by atoms with Gasteiger partial charge in [0.2, 0.25) is 5.91 Å². The third kappa shape index (κ3) is 2.65. The Bertz CT molecular complexity index is 808. The number of amides is 2. The highest BCUT2D eigenvalue weighted by Gasteiger charge is 2.21. The second kappa shape index (κ2) is 5.88. The molecule has 116 valence electrons. The molecule has 0 saturated carbocycles. The molecule has 0 fully saturated rings. The van der Waals surface area contributed by atoms with Gasteiger partial charge in [-0.25, -0.2) is 0 Å². The maximum absolute atomic E-state index is 12.3. The summed E-state index contributed by atoms with van der Waals surface area (Å²) in [7, 11) is 1.51. The highest BCUT2D eigenvalue weighted by atomic mass is 16.3. The first-order valence-electron chi connectivity index (χ1n) is 6.75. The first-order valence-corrected chi connectivity index (χ1v) is 6.75. The van der Waals surface area contributed by atoms with Crippen molar-refractivity contribution in [2.45, 2.75) is 13.8 Å². The minimum absolute atomic E-state index is 0.326. The number of nitrogens with one attached hydrogen (secondary N) is 2. The maximum atomic E-state index is 12.3. The number of aryl methyl sites for hydroxylation is 1. The molecule has 0 saturated heterocycles. The van der Waals surface area contributed by atoms with Crippen LogP contribution in [0.1, 0.15) is 24.2 Å². The number of hydrogen-bond acceptors (Lipinski definition) is 4. The summed E-state index contributed by atoms with van der Waals surface area (Å²) >= 11 is 0. The van der Waals surface area contributed by atoms with E-state index in [1.54, 1.807) is 38.1 Å². The SMILES string of the molecule is CC(C)C(=O)NNC(=O)c1c(O)c2ccccc2n(C)c1=O. The van der Waals surface area contributed by atoms with Crippen LogP contribution in [0.25, 0.3) is 10.9 Å². The number of hydrogen-bond donors (Lipinski definition) is 3. The fourth-order valence-corrected chi connectivity index (χ4v) is 2.01. The van der Waals surface area contributed by atoms with Crippen LogP contribution in [0.5, 0.6) is 5.75 Å². The molecule has 0 aliphatic rings. The van der Waals surface area contributed by atoms with Crippen molar-refractivity contribution in [3.05, 3.63) is 40.2 Å². The van der Waals surface area contributed by atoms with Crippen molar-refractivity contribution in [2.75, 3.05) is 0 Å². The molecule has 0 unspecified atom stereocenters. The number of nitrogens with zero attached hydrogens (tertiary/aromatic N) is 1. The van der Waals surface area contributed by atoms with Gasteiger partial charge in [0.15, 0.2) is 0 Å². The molecule has 3 N–H and O–H groups in total. The van der Waals surface area contributed by atoms with Gasteiger partial charge >= 0.3 is 0 Å². The van der Waals surface area contributed by atoms with Crippen molar-refractivity contribution in [1.29, 1.82) is 0 Å². The molecule has 0 aliphatic heterocycles. The maximum Gasteiger partial charge on any atom is 0.279 e. The molecule has 22 heavy (non-hydrogen) atoms. The number of para-hydroxylation sites is 1. The Morgan fingerprint density at radius 1 is 1.18 bits per heavy atom. The standard InChI is InChI=1S/C15H17N3O4/c1-8(2)13(20)16-17-14(21)11-12(19)9-6-4-5-7-10(9)18(3)15(11)22/h4-8,19H,1-3H3,(H,16,20)(H,17,21). The van der Waals surface area contributed by atoms with Crippen LogP contribution < -0.4 is 16.4 Å². The number of fused-ring (bicyclic) bond motifs is 1. The van der Waals surface area contributed by atoms with Gasteiger partial charge in [0.25, 0.3) is 11.5 Å². The number of carbonyl (C=O) groups excluding carboxylic acids is 2. The van der Waals surface area contributed by atoms with E-state index in [2.05, 4.69) is 10.9 Å². The first kappa shape index (κ1) is 15.6. The molecular weight excluding hydrogens is 286 g/mol. The summed E-state index contributed by atoms with van der Waals surface area (Å²) < 4.78 is 1.27. The molecule has 2 aromatic rings. The average molecular weight is 303 g/mol. The third-order valence-corrected chi connectivity index (χ3v) is 3.33. The Kier molecular flexibility index (Phi) is 4.16. The largest absolute Gasteiger partial charge is 0.506 e. The molecule has 1 aromatic carbocycles. The highest BCUT2D eigenvalue weighted by molar-refractivity contribution is 6.02. The van der Waals surface area contributed by atoms with Crippen LogP contribution in [0.15, 0.2) is 29.1 Å². The predicted molar refractivity (Wildman–Crippen MR) is 81.3 cm³/mol. The van der Waals surface area contributed by atoms with E-state index in [0.29, 0.717) is 10.9 Å². The van der Waals surface area contributed by atoms with E-state index in [1.807, 2.05) is 0 Å². The van der Waals surface area contributed by atoms with Gasteiger partial charge in [0, 0.05) is 18.4 Å². The quantitative estimate of drug-likeness (QED) is 0.709. The number of hydrazine groups is 1. The molecule has 0 aliphatic carbocycles. The summed E-state index contributed by atoms with van der Waals surface area (Å²) in [5.41, 5.74) is 3.80. The zero-order valence-electron chi connectivity index (χ0n) is 12.5. The molecule has 1 heterocycles. The molecule has 2 amide bonds. The topological polar surface area (TPSA) is 100 Å². The lowest BCUT2D eigenvalue weighted by Crippen LogP contribution is -2.45. The zero-order valence-corrected chi connectivity index (χ0v) is 12.5. The van der Waals surface area contributed by atoms with Crippen LogP contribution >= 0.6 is 0 Å².